The van der Waals surface area contributed by atoms with E-state index in [1.165, 1.54) is 11.8 Å². The quantitative estimate of drug-likeness (QED) is 0.541. The van der Waals surface area contributed by atoms with Gasteiger partial charge in [-0.15, -0.1) is 10.2 Å². The van der Waals surface area contributed by atoms with E-state index in [0.29, 0.717) is 11.7 Å². The van der Waals surface area contributed by atoms with Gasteiger partial charge in [0.25, 0.3) is 0 Å². The van der Waals surface area contributed by atoms with Gasteiger partial charge in [-0.3, -0.25) is 4.79 Å². The molecule has 0 aliphatic carbocycles. The minimum absolute atomic E-state index is 0.0619. The first-order chi connectivity index (χ1) is 14.0. The number of aromatic nitrogens is 3. The van der Waals surface area contributed by atoms with Crippen LogP contribution in [0.15, 0.2) is 53.7 Å². The highest BCUT2D eigenvalue weighted by molar-refractivity contribution is 7.99. The molecule has 0 aliphatic heterocycles. The Kier molecular flexibility index (Phi) is 6.93. The van der Waals surface area contributed by atoms with Crippen molar-refractivity contribution >= 4 is 23.4 Å². The van der Waals surface area contributed by atoms with Crippen molar-refractivity contribution in [2.75, 3.05) is 11.1 Å². The van der Waals surface area contributed by atoms with Crippen molar-refractivity contribution in [2.45, 2.75) is 45.5 Å². The number of nitrogens with zero attached hydrogens (tertiary/aromatic N) is 3. The Hall–Kier alpha value is -2.80. The van der Waals surface area contributed by atoms with Crippen LogP contribution >= 0.6 is 11.8 Å². The topological polar surface area (TPSA) is 69.0 Å². The Labute approximate surface area is 175 Å². The van der Waals surface area contributed by atoms with Gasteiger partial charge in [-0.2, -0.15) is 0 Å². The van der Waals surface area contributed by atoms with E-state index in [9.17, 15) is 4.79 Å². The smallest absolute Gasteiger partial charge is 0.234 e. The number of hydrogen-bond acceptors (Lipinski definition) is 5. The van der Waals surface area contributed by atoms with Crippen LogP contribution in [0.2, 0.25) is 0 Å². The minimum atomic E-state index is -0.248. The number of aryl methyl sites for hydroxylation is 2. The summed E-state index contributed by atoms with van der Waals surface area (Å²) < 4.78 is 7.97. The Morgan fingerprint density at radius 1 is 1.10 bits per heavy atom. The number of carbonyl (C=O) groups is 1. The van der Waals surface area contributed by atoms with Crippen LogP contribution in [-0.2, 0) is 11.3 Å². The molecule has 2 aromatic carbocycles. The third-order valence-electron chi connectivity index (χ3n) is 4.56. The molecular weight excluding hydrogens is 384 g/mol. The van der Waals surface area contributed by atoms with Crippen LogP contribution in [0.1, 0.15) is 36.9 Å². The minimum Gasteiger partial charge on any atom is -0.483 e. The molecular formula is C22H26N4O2S. The SMILES string of the molecule is CCn1c(SCC(=O)Nc2c(C)cccc2C)nnc1C(C)Oc1ccccc1. The van der Waals surface area contributed by atoms with Crippen LogP contribution in [0.5, 0.6) is 5.75 Å². The maximum Gasteiger partial charge on any atom is 0.234 e. The summed E-state index contributed by atoms with van der Waals surface area (Å²) in [6, 6.07) is 15.6. The molecule has 29 heavy (non-hydrogen) atoms. The van der Waals surface area contributed by atoms with E-state index in [0.717, 1.165) is 28.4 Å². The average Bonchev–Trinajstić information content (AvgIpc) is 3.13. The van der Waals surface area contributed by atoms with Crippen LogP contribution in [-0.4, -0.2) is 26.4 Å². The first-order valence-corrected chi connectivity index (χ1v) is 10.6. The number of amides is 1. The zero-order valence-corrected chi connectivity index (χ0v) is 18.0. The van der Waals surface area contributed by atoms with E-state index in [4.69, 9.17) is 4.74 Å². The molecule has 3 aromatic rings. The number of ether oxygens (including phenoxy) is 1. The molecule has 3 rings (SSSR count). The van der Waals surface area contributed by atoms with Gasteiger partial charge < -0.3 is 14.6 Å². The fraction of sp³-hybridized carbons (Fsp3) is 0.318. The summed E-state index contributed by atoms with van der Waals surface area (Å²) in [5, 5.41) is 12.3. The second-order valence-electron chi connectivity index (χ2n) is 6.76. The summed E-state index contributed by atoms with van der Waals surface area (Å²) in [5.41, 5.74) is 2.98. The van der Waals surface area contributed by atoms with Crippen LogP contribution in [0.3, 0.4) is 0 Å². The molecule has 0 fully saturated rings. The first kappa shape index (κ1) is 20.9. The number of hydrogen-bond donors (Lipinski definition) is 1. The number of nitrogens with one attached hydrogen (secondary N) is 1. The van der Waals surface area contributed by atoms with Crippen molar-refractivity contribution in [1.82, 2.24) is 14.8 Å². The maximum atomic E-state index is 12.5. The first-order valence-electron chi connectivity index (χ1n) is 9.63. The average molecular weight is 411 g/mol. The van der Waals surface area contributed by atoms with E-state index in [1.807, 2.05) is 80.8 Å². The zero-order valence-electron chi connectivity index (χ0n) is 17.2. The molecule has 0 saturated heterocycles. The highest BCUT2D eigenvalue weighted by Gasteiger charge is 2.19. The monoisotopic (exact) mass is 410 g/mol. The fourth-order valence-corrected chi connectivity index (χ4v) is 3.89. The van der Waals surface area contributed by atoms with Crippen molar-refractivity contribution < 1.29 is 9.53 Å². The Morgan fingerprint density at radius 2 is 1.79 bits per heavy atom. The van der Waals surface area contributed by atoms with Gasteiger partial charge in [-0.05, 0) is 51.0 Å². The van der Waals surface area contributed by atoms with Crippen LogP contribution < -0.4 is 10.1 Å². The normalized spacial score (nSPS) is 11.9. The molecule has 7 heteroatoms. The number of rotatable bonds is 8. The second kappa shape index (κ2) is 9.60. The summed E-state index contributed by atoms with van der Waals surface area (Å²) in [5.74, 6) is 1.73. The number of benzene rings is 2. The van der Waals surface area contributed by atoms with Crippen molar-refractivity contribution in [3.8, 4) is 5.75 Å². The van der Waals surface area contributed by atoms with E-state index >= 15 is 0 Å². The molecule has 1 heterocycles. The molecule has 1 N–H and O–H groups in total. The number of para-hydroxylation sites is 2. The molecule has 0 radical (unpaired) electrons. The second-order valence-corrected chi connectivity index (χ2v) is 7.70. The third kappa shape index (κ3) is 5.17. The summed E-state index contributed by atoms with van der Waals surface area (Å²) >= 11 is 1.38. The molecule has 0 saturated carbocycles. The number of carbonyl (C=O) groups excluding carboxylic acids is 1. The third-order valence-corrected chi connectivity index (χ3v) is 5.53. The maximum absolute atomic E-state index is 12.5. The van der Waals surface area contributed by atoms with E-state index in [-0.39, 0.29) is 17.8 Å². The van der Waals surface area contributed by atoms with Crippen LogP contribution in [0, 0.1) is 13.8 Å². The summed E-state index contributed by atoms with van der Waals surface area (Å²) in [6.45, 7) is 8.66. The molecule has 6 nitrogen and oxygen atoms in total. The van der Waals surface area contributed by atoms with Gasteiger partial charge in [0.2, 0.25) is 5.91 Å². The Balaban J connectivity index is 1.65. The van der Waals surface area contributed by atoms with E-state index in [2.05, 4.69) is 15.5 Å². The lowest BCUT2D eigenvalue weighted by Crippen LogP contribution is -2.16. The van der Waals surface area contributed by atoms with Gasteiger partial charge in [0, 0.05) is 12.2 Å². The molecule has 0 aliphatic rings. The molecule has 152 valence electrons. The molecule has 0 bridgehead atoms. The van der Waals surface area contributed by atoms with Crippen LogP contribution in [0.4, 0.5) is 5.69 Å². The number of thioether (sulfide) groups is 1. The highest BCUT2D eigenvalue weighted by Crippen LogP contribution is 2.25. The van der Waals surface area contributed by atoms with Crippen molar-refractivity contribution in [2.24, 2.45) is 0 Å². The van der Waals surface area contributed by atoms with E-state index in [1.54, 1.807) is 0 Å². The lowest BCUT2D eigenvalue weighted by atomic mass is 10.1. The highest BCUT2D eigenvalue weighted by atomic mass is 32.2. The van der Waals surface area contributed by atoms with Gasteiger partial charge in [0.1, 0.15) is 5.75 Å². The largest absolute Gasteiger partial charge is 0.483 e. The zero-order chi connectivity index (χ0) is 20.8. The van der Waals surface area contributed by atoms with Gasteiger partial charge in [-0.25, -0.2) is 0 Å². The number of anilines is 1. The fourth-order valence-electron chi connectivity index (χ4n) is 3.08. The molecule has 1 atom stereocenters. The van der Waals surface area contributed by atoms with E-state index < -0.39 is 0 Å². The van der Waals surface area contributed by atoms with Crippen molar-refractivity contribution in [3.63, 3.8) is 0 Å². The standard InChI is InChI=1S/C22H26N4O2S/c1-5-26-21(17(4)28-18-12-7-6-8-13-18)24-25-22(26)29-14-19(27)23-20-15(2)10-9-11-16(20)3/h6-13,17H,5,14H2,1-4H3,(H,23,27). The lowest BCUT2D eigenvalue weighted by molar-refractivity contribution is -0.113. The van der Waals surface area contributed by atoms with Gasteiger partial charge in [0.15, 0.2) is 17.1 Å². The molecule has 1 unspecified atom stereocenters. The van der Waals surface area contributed by atoms with Crippen molar-refractivity contribution in [3.05, 3.63) is 65.5 Å². The predicted molar refractivity (Wildman–Crippen MR) is 116 cm³/mol. The predicted octanol–water partition coefficient (Wildman–Crippen LogP) is 4.79. The van der Waals surface area contributed by atoms with Crippen molar-refractivity contribution in [1.29, 1.82) is 0 Å². The van der Waals surface area contributed by atoms with Gasteiger partial charge in [0.05, 0.1) is 5.75 Å². The Bertz CT molecular complexity index is 952. The van der Waals surface area contributed by atoms with Gasteiger partial charge >= 0.3 is 0 Å². The Morgan fingerprint density at radius 3 is 2.45 bits per heavy atom. The van der Waals surface area contributed by atoms with Gasteiger partial charge in [-0.1, -0.05) is 48.2 Å². The summed E-state index contributed by atoms with van der Waals surface area (Å²) in [6.07, 6.45) is -0.248. The summed E-state index contributed by atoms with van der Waals surface area (Å²) in [4.78, 5) is 12.5. The van der Waals surface area contributed by atoms with Crippen LogP contribution in [0.25, 0.3) is 0 Å². The molecule has 1 aromatic heterocycles. The lowest BCUT2D eigenvalue weighted by Gasteiger charge is -2.15. The molecule has 1 amide bonds. The summed E-state index contributed by atoms with van der Waals surface area (Å²) in [7, 11) is 0. The molecule has 0 spiro atoms.